The molecule has 0 saturated heterocycles. The zero-order valence-electron chi connectivity index (χ0n) is 6.53. The summed E-state index contributed by atoms with van der Waals surface area (Å²) in [6.07, 6.45) is -7.29. The summed E-state index contributed by atoms with van der Waals surface area (Å²) >= 11 is 0. The van der Waals surface area contributed by atoms with Crippen molar-refractivity contribution in [2.45, 2.75) is 30.0 Å². The van der Waals surface area contributed by atoms with Crippen LogP contribution in [0.1, 0.15) is 0 Å². The number of carboxylic acid groups (broad SMARTS) is 1. The summed E-state index contributed by atoms with van der Waals surface area (Å²) in [4.78, 5) is 10.6. The van der Waals surface area contributed by atoms with Crippen LogP contribution >= 0.6 is 0 Å². The van der Waals surface area contributed by atoms with Crippen molar-refractivity contribution in [3.8, 4) is 0 Å². The predicted molar refractivity (Wildman–Crippen MR) is 38.6 cm³/mol. The van der Waals surface area contributed by atoms with Crippen molar-refractivity contribution in [1.82, 2.24) is 0 Å². The van der Waals surface area contributed by atoms with Crippen LogP contribution in [0, 0.1) is 0 Å². The lowest BCUT2D eigenvalue weighted by molar-refractivity contribution is -0.152. The Morgan fingerprint density at radius 3 is 1.54 bits per heavy atom. The minimum absolute atomic E-state index is 1.68. The fourth-order valence-electron chi connectivity index (χ4n) is 1.37. The number of aliphatic hydroxyl groups is 4. The van der Waals surface area contributed by atoms with E-state index in [0.29, 0.717) is 0 Å². The quantitative estimate of drug-likeness (QED) is 0.251. The first-order chi connectivity index (χ1) is 5.83. The van der Waals surface area contributed by atoms with Crippen LogP contribution < -0.4 is 5.73 Å². The number of hydrogen-bond donors (Lipinski definition) is 6. The van der Waals surface area contributed by atoms with Gasteiger partial charge in [-0.2, -0.15) is 0 Å². The first-order valence-electron chi connectivity index (χ1n) is 3.58. The summed E-state index contributed by atoms with van der Waals surface area (Å²) in [6, 6.07) is 0. The lowest BCUT2D eigenvalue weighted by atomic mass is 9.94. The van der Waals surface area contributed by atoms with Crippen molar-refractivity contribution < 1.29 is 30.3 Å². The van der Waals surface area contributed by atoms with Gasteiger partial charge in [-0.05, 0) is 0 Å². The second kappa shape index (κ2) is 2.89. The molecule has 0 aromatic rings. The summed E-state index contributed by atoms with van der Waals surface area (Å²) in [5.41, 5.74) is 2.73. The van der Waals surface area contributed by atoms with E-state index in [2.05, 4.69) is 0 Å². The first kappa shape index (κ1) is 10.4. The molecule has 0 aromatic heterocycles. The molecule has 0 amide bonds. The van der Waals surface area contributed by atoms with Gasteiger partial charge in [0, 0.05) is 0 Å². The predicted octanol–water partition coefficient (Wildman–Crippen LogP) is -3.77. The van der Waals surface area contributed by atoms with Gasteiger partial charge in [-0.25, -0.2) is 0 Å². The Balaban J connectivity index is 3.05. The topological polar surface area (TPSA) is 144 Å². The highest BCUT2D eigenvalue weighted by molar-refractivity contribution is 5.81. The monoisotopic (exact) mass is 193 g/mol. The Kier molecular flexibility index (Phi) is 2.30. The van der Waals surface area contributed by atoms with E-state index in [-0.39, 0.29) is 0 Å². The fourth-order valence-corrected chi connectivity index (χ4v) is 1.37. The molecule has 7 heteroatoms. The zero-order chi connectivity index (χ0) is 10.4. The molecule has 1 aliphatic carbocycles. The molecule has 1 saturated carbocycles. The number of aliphatic hydroxyl groups excluding tert-OH is 4. The van der Waals surface area contributed by atoms with E-state index in [1.807, 2.05) is 0 Å². The van der Waals surface area contributed by atoms with E-state index >= 15 is 0 Å². The molecule has 7 N–H and O–H groups in total. The Bertz CT molecular complexity index is 217. The normalized spacial score (nSPS) is 50.8. The Morgan fingerprint density at radius 2 is 1.38 bits per heavy atom. The van der Waals surface area contributed by atoms with E-state index < -0.39 is 35.9 Å². The number of nitrogens with two attached hydrogens (primary N) is 1. The number of hydrogen-bond acceptors (Lipinski definition) is 6. The van der Waals surface area contributed by atoms with E-state index in [1.54, 1.807) is 0 Å². The molecule has 0 aliphatic heterocycles. The molecule has 0 bridgehead atoms. The third-order valence-electron chi connectivity index (χ3n) is 2.35. The van der Waals surface area contributed by atoms with Gasteiger partial charge < -0.3 is 31.3 Å². The van der Waals surface area contributed by atoms with Gasteiger partial charge in [0.05, 0.1) is 0 Å². The first-order valence-corrected chi connectivity index (χ1v) is 3.58. The third kappa shape index (κ3) is 1.13. The minimum atomic E-state index is -2.42. The summed E-state index contributed by atoms with van der Waals surface area (Å²) < 4.78 is 0. The molecule has 1 unspecified atom stereocenters. The highest BCUT2D eigenvalue weighted by Crippen LogP contribution is 2.29. The molecule has 1 fully saturated rings. The van der Waals surface area contributed by atoms with Crippen LogP contribution in [0.5, 0.6) is 0 Å². The minimum Gasteiger partial charge on any atom is -0.480 e. The van der Waals surface area contributed by atoms with Crippen molar-refractivity contribution >= 4 is 5.97 Å². The number of carbonyl (C=O) groups is 1. The van der Waals surface area contributed by atoms with E-state index in [0.717, 1.165) is 0 Å². The summed E-state index contributed by atoms with van der Waals surface area (Å²) in [7, 11) is 0. The molecule has 5 atom stereocenters. The van der Waals surface area contributed by atoms with Crippen LogP contribution in [0.4, 0.5) is 0 Å². The van der Waals surface area contributed by atoms with Crippen molar-refractivity contribution in [2.75, 3.05) is 0 Å². The van der Waals surface area contributed by atoms with Crippen molar-refractivity contribution in [3.63, 3.8) is 0 Å². The van der Waals surface area contributed by atoms with Gasteiger partial charge in [-0.15, -0.1) is 0 Å². The third-order valence-corrected chi connectivity index (χ3v) is 2.35. The molecule has 7 nitrogen and oxygen atoms in total. The summed E-state index contributed by atoms with van der Waals surface area (Å²) in [6.45, 7) is 0. The van der Waals surface area contributed by atoms with Crippen molar-refractivity contribution in [3.05, 3.63) is 0 Å². The number of aliphatic carboxylic acids is 1. The van der Waals surface area contributed by atoms with Gasteiger partial charge in [-0.1, -0.05) is 0 Å². The molecule has 0 aromatic carbocycles. The van der Waals surface area contributed by atoms with Crippen LogP contribution in [0.3, 0.4) is 0 Å². The van der Waals surface area contributed by atoms with E-state index in [9.17, 15) is 4.79 Å². The van der Waals surface area contributed by atoms with Crippen molar-refractivity contribution in [1.29, 1.82) is 0 Å². The molecule has 1 rings (SSSR count). The van der Waals surface area contributed by atoms with Crippen LogP contribution in [-0.2, 0) is 4.79 Å². The van der Waals surface area contributed by atoms with Gasteiger partial charge >= 0.3 is 5.97 Å². The van der Waals surface area contributed by atoms with Gasteiger partial charge in [0.1, 0.15) is 24.4 Å². The molecule has 1 aliphatic rings. The Morgan fingerprint density at radius 1 is 1.08 bits per heavy atom. The molecule has 0 heterocycles. The number of rotatable bonds is 1. The summed E-state index contributed by atoms with van der Waals surface area (Å²) in [5, 5.41) is 44.9. The average Bonchev–Trinajstić information content (AvgIpc) is 2.22. The fraction of sp³-hybridized carbons (Fsp3) is 0.833. The lowest BCUT2D eigenvalue weighted by Gasteiger charge is -2.25. The van der Waals surface area contributed by atoms with Crippen LogP contribution in [0.2, 0.25) is 0 Å². The van der Waals surface area contributed by atoms with Gasteiger partial charge in [0.15, 0.2) is 5.54 Å². The average molecular weight is 193 g/mol. The van der Waals surface area contributed by atoms with Crippen LogP contribution in [-0.4, -0.2) is 61.5 Å². The SMILES string of the molecule is NC1(C(=O)O)[C@H](O)[C@@H](O)[C@@H](O)[C@@H]1O. The van der Waals surface area contributed by atoms with Gasteiger partial charge in [-0.3, -0.25) is 4.79 Å². The maximum atomic E-state index is 10.6. The molecular weight excluding hydrogens is 182 g/mol. The highest BCUT2D eigenvalue weighted by atomic mass is 16.4. The molecular formula is C6H11NO6. The molecule has 13 heavy (non-hydrogen) atoms. The maximum absolute atomic E-state index is 10.6. The van der Waals surface area contributed by atoms with Crippen molar-refractivity contribution in [2.24, 2.45) is 5.73 Å². The zero-order valence-corrected chi connectivity index (χ0v) is 6.53. The smallest absolute Gasteiger partial charge is 0.329 e. The van der Waals surface area contributed by atoms with E-state index in [4.69, 9.17) is 31.3 Å². The second-order valence-electron chi connectivity index (χ2n) is 3.11. The van der Waals surface area contributed by atoms with Gasteiger partial charge in [0.2, 0.25) is 0 Å². The van der Waals surface area contributed by atoms with Gasteiger partial charge in [0.25, 0.3) is 0 Å². The van der Waals surface area contributed by atoms with Crippen LogP contribution in [0.25, 0.3) is 0 Å². The largest absolute Gasteiger partial charge is 0.480 e. The Labute approximate surface area is 73.0 Å². The molecule has 0 radical (unpaired) electrons. The standard InChI is InChI=1S/C6H11NO6/c7-6(5(12)13)3(10)1(8)2(9)4(6)11/h1-4,8-11H,7H2,(H,12,13)/t1-,2+,3+,4-,6?. The number of carboxylic acids is 1. The summed E-state index contributed by atoms with van der Waals surface area (Å²) in [5.74, 6) is -1.68. The maximum Gasteiger partial charge on any atom is 0.329 e. The second-order valence-corrected chi connectivity index (χ2v) is 3.11. The molecule has 76 valence electrons. The van der Waals surface area contributed by atoms with Crippen LogP contribution in [0.15, 0.2) is 0 Å². The lowest BCUT2D eigenvalue weighted by Crippen LogP contribution is -2.62. The molecule has 0 spiro atoms. The highest BCUT2D eigenvalue weighted by Gasteiger charge is 2.62. The Hall–Kier alpha value is -0.730. The van der Waals surface area contributed by atoms with E-state index in [1.165, 1.54) is 0 Å².